The molecule has 2 aliphatic rings. The number of aromatic nitrogens is 1. The summed E-state index contributed by atoms with van der Waals surface area (Å²) >= 11 is 1.85. The molecule has 0 amide bonds. The number of rotatable bonds is 1. The van der Waals surface area contributed by atoms with Gasteiger partial charge in [-0.05, 0) is 37.3 Å². The van der Waals surface area contributed by atoms with Crippen LogP contribution < -0.4 is 5.32 Å². The molecule has 3 nitrogen and oxygen atoms in total. The highest BCUT2D eigenvalue weighted by molar-refractivity contribution is 8.14. The number of anilines is 1. The fraction of sp³-hybridized carbons (Fsp3) is 0.538. The minimum Gasteiger partial charge on any atom is -0.333 e. The van der Waals surface area contributed by atoms with Gasteiger partial charge in [-0.25, -0.2) is 0 Å². The van der Waals surface area contributed by atoms with Crippen molar-refractivity contribution in [2.45, 2.75) is 32.2 Å². The van der Waals surface area contributed by atoms with E-state index in [1.54, 1.807) is 0 Å². The summed E-state index contributed by atoms with van der Waals surface area (Å²) in [6, 6.07) is 2.59. The van der Waals surface area contributed by atoms with Crippen molar-refractivity contribution in [2.24, 2.45) is 10.9 Å². The Morgan fingerprint density at radius 2 is 2.35 bits per heavy atom. The Bertz CT molecular complexity index is 444. The summed E-state index contributed by atoms with van der Waals surface area (Å²) in [5.41, 5.74) is 2.30. The number of aliphatic imine (C=N–C) groups is 1. The van der Waals surface area contributed by atoms with Gasteiger partial charge < -0.3 is 5.32 Å². The standard InChI is InChI=1S/C13H17N3S/c1-9-5-6-14-7-12(9)16-13-15-11-4-2-3-10(11)8-17-13/h5-7,10-11H,2-4,8H2,1H3,(H,15,16). The van der Waals surface area contributed by atoms with Gasteiger partial charge in [0.2, 0.25) is 0 Å². The van der Waals surface area contributed by atoms with E-state index in [0.717, 1.165) is 16.8 Å². The Labute approximate surface area is 106 Å². The highest BCUT2D eigenvalue weighted by Crippen LogP contribution is 2.35. The van der Waals surface area contributed by atoms with E-state index in [2.05, 4.69) is 17.2 Å². The van der Waals surface area contributed by atoms with Crippen LogP contribution >= 0.6 is 11.8 Å². The van der Waals surface area contributed by atoms with E-state index in [4.69, 9.17) is 4.99 Å². The highest BCUT2D eigenvalue weighted by Gasteiger charge is 2.30. The molecule has 1 aromatic rings. The molecular formula is C13H17N3S. The molecule has 1 aromatic heterocycles. The first-order valence-electron chi connectivity index (χ1n) is 6.21. The molecule has 1 aliphatic heterocycles. The molecule has 3 rings (SSSR count). The molecule has 0 radical (unpaired) electrons. The number of amidine groups is 1. The summed E-state index contributed by atoms with van der Waals surface area (Å²) in [6.45, 7) is 2.09. The first-order chi connectivity index (χ1) is 8.33. The molecule has 2 heterocycles. The van der Waals surface area contributed by atoms with Gasteiger partial charge in [-0.2, -0.15) is 0 Å². The number of aryl methyl sites for hydroxylation is 1. The maximum absolute atomic E-state index is 4.82. The lowest BCUT2D eigenvalue weighted by Gasteiger charge is -2.23. The molecule has 1 N–H and O–H groups in total. The zero-order chi connectivity index (χ0) is 11.7. The Hall–Kier alpha value is -1.03. The van der Waals surface area contributed by atoms with Crippen LogP contribution in [0.25, 0.3) is 0 Å². The quantitative estimate of drug-likeness (QED) is 0.828. The van der Waals surface area contributed by atoms with E-state index in [9.17, 15) is 0 Å². The molecule has 1 aliphatic carbocycles. The molecule has 0 bridgehead atoms. The zero-order valence-corrected chi connectivity index (χ0v) is 10.8. The summed E-state index contributed by atoms with van der Waals surface area (Å²) in [5.74, 6) is 2.04. The van der Waals surface area contributed by atoms with Crippen molar-refractivity contribution in [1.82, 2.24) is 4.98 Å². The third-order valence-corrected chi connectivity index (χ3v) is 4.69. The summed E-state index contributed by atoms with van der Waals surface area (Å²) in [5, 5.41) is 4.49. The third kappa shape index (κ3) is 2.32. The monoisotopic (exact) mass is 247 g/mol. The van der Waals surface area contributed by atoms with Crippen molar-refractivity contribution in [3.8, 4) is 0 Å². The van der Waals surface area contributed by atoms with Crippen LogP contribution in [0, 0.1) is 12.8 Å². The van der Waals surface area contributed by atoms with Crippen LogP contribution in [0.5, 0.6) is 0 Å². The van der Waals surface area contributed by atoms with Gasteiger partial charge in [-0.15, -0.1) is 0 Å². The van der Waals surface area contributed by atoms with Gasteiger partial charge >= 0.3 is 0 Å². The smallest absolute Gasteiger partial charge is 0.161 e. The molecule has 90 valence electrons. The first kappa shape index (κ1) is 11.1. The molecule has 0 aromatic carbocycles. The molecule has 1 fully saturated rings. The number of fused-ring (bicyclic) bond motifs is 1. The van der Waals surface area contributed by atoms with Crippen molar-refractivity contribution in [3.63, 3.8) is 0 Å². The summed E-state index contributed by atoms with van der Waals surface area (Å²) < 4.78 is 0. The van der Waals surface area contributed by atoms with Crippen molar-refractivity contribution in [3.05, 3.63) is 24.0 Å². The predicted molar refractivity (Wildman–Crippen MR) is 73.6 cm³/mol. The van der Waals surface area contributed by atoms with E-state index in [1.807, 2.05) is 30.2 Å². The van der Waals surface area contributed by atoms with Crippen molar-refractivity contribution in [1.29, 1.82) is 0 Å². The minimum absolute atomic E-state index is 0.565. The van der Waals surface area contributed by atoms with Crippen molar-refractivity contribution >= 4 is 22.6 Å². The van der Waals surface area contributed by atoms with E-state index < -0.39 is 0 Å². The van der Waals surface area contributed by atoms with Crippen LogP contribution in [0.2, 0.25) is 0 Å². The Kier molecular flexibility index (Phi) is 3.05. The lowest BCUT2D eigenvalue weighted by Crippen LogP contribution is -2.25. The molecule has 2 unspecified atom stereocenters. The van der Waals surface area contributed by atoms with Crippen LogP contribution in [0.4, 0.5) is 5.69 Å². The lowest BCUT2D eigenvalue weighted by molar-refractivity contribution is 0.535. The molecular weight excluding hydrogens is 230 g/mol. The van der Waals surface area contributed by atoms with Gasteiger partial charge in [-0.1, -0.05) is 18.2 Å². The van der Waals surface area contributed by atoms with Gasteiger partial charge in [0.1, 0.15) is 0 Å². The van der Waals surface area contributed by atoms with E-state index in [1.165, 1.54) is 30.6 Å². The number of pyridine rings is 1. The SMILES string of the molecule is Cc1ccncc1NC1=NC2CCCC2CS1. The molecule has 0 saturated heterocycles. The average Bonchev–Trinajstić information content (AvgIpc) is 2.79. The Morgan fingerprint density at radius 3 is 3.24 bits per heavy atom. The molecule has 2 atom stereocenters. The van der Waals surface area contributed by atoms with Crippen LogP contribution in [-0.2, 0) is 0 Å². The van der Waals surface area contributed by atoms with Gasteiger partial charge in [0.15, 0.2) is 5.17 Å². The van der Waals surface area contributed by atoms with Gasteiger partial charge in [-0.3, -0.25) is 9.98 Å². The number of nitrogens with zero attached hydrogens (tertiary/aromatic N) is 2. The first-order valence-corrected chi connectivity index (χ1v) is 7.20. The number of nitrogens with one attached hydrogen (secondary N) is 1. The molecule has 4 heteroatoms. The van der Waals surface area contributed by atoms with Crippen LogP contribution in [0.15, 0.2) is 23.5 Å². The summed E-state index contributed by atoms with van der Waals surface area (Å²) in [4.78, 5) is 8.97. The van der Waals surface area contributed by atoms with E-state index >= 15 is 0 Å². The second-order valence-electron chi connectivity index (χ2n) is 4.82. The van der Waals surface area contributed by atoms with Gasteiger partial charge in [0.25, 0.3) is 0 Å². The van der Waals surface area contributed by atoms with Crippen LogP contribution in [0.3, 0.4) is 0 Å². The minimum atomic E-state index is 0.565. The topological polar surface area (TPSA) is 37.3 Å². The number of hydrogen-bond donors (Lipinski definition) is 1. The van der Waals surface area contributed by atoms with Gasteiger partial charge in [0.05, 0.1) is 17.9 Å². The fourth-order valence-electron chi connectivity index (χ4n) is 2.53. The second-order valence-corrected chi connectivity index (χ2v) is 5.83. The lowest BCUT2D eigenvalue weighted by atomic mass is 10.1. The average molecular weight is 247 g/mol. The van der Waals surface area contributed by atoms with E-state index in [-0.39, 0.29) is 0 Å². The van der Waals surface area contributed by atoms with Crippen molar-refractivity contribution in [2.75, 3.05) is 11.1 Å². The van der Waals surface area contributed by atoms with Gasteiger partial charge in [0, 0.05) is 11.9 Å². The highest BCUT2D eigenvalue weighted by atomic mass is 32.2. The predicted octanol–water partition coefficient (Wildman–Crippen LogP) is 3.07. The third-order valence-electron chi connectivity index (χ3n) is 3.62. The Morgan fingerprint density at radius 1 is 1.41 bits per heavy atom. The van der Waals surface area contributed by atoms with Crippen LogP contribution in [0.1, 0.15) is 24.8 Å². The maximum atomic E-state index is 4.82. The normalized spacial score (nSPS) is 27.5. The van der Waals surface area contributed by atoms with Crippen molar-refractivity contribution < 1.29 is 0 Å². The summed E-state index contributed by atoms with van der Waals surface area (Å²) in [6.07, 6.45) is 7.67. The molecule has 17 heavy (non-hydrogen) atoms. The maximum Gasteiger partial charge on any atom is 0.161 e. The Balaban J connectivity index is 1.76. The largest absolute Gasteiger partial charge is 0.333 e. The zero-order valence-electron chi connectivity index (χ0n) is 10.0. The molecule has 0 spiro atoms. The summed E-state index contributed by atoms with van der Waals surface area (Å²) in [7, 11) is 0. The number of thioether (sulfide) groups is 1. The van der Waals surface area contributed by atoms with E-state index in [0.29, 0.717) is 6.04 Å². The number of hydrogen-bond acceptors (Lipinski definition) is 4. The molecule has 1 saturated carbocycles. The fourth-order valence-corrected chi connectivity index (χ4v) is 3.69. The second kappa shape index (κ2) is 4.69. The van der Waals surface area contributed by atoms with Crippen LogP contribution in [-0.4, -0.2) is 21.9 Å².